The molecule has 4 aromatic rings. The maximum Gasteiger partial charge on any atom is 0.232 e. The van der Waals surface area contributed by atoms with E-state index in [1.165, 1.54) is 36.4 Å². The normalized spacial score (nSPS) is 16.1. The minimum absolute atomic E-state index is 0.00658. The Morgan fingerprint density at radius 3 is 2.02 bits per heavy atom. The zero-order valence-corrected chi connectivity index (χ0v) is 27.7. The molecule has 2 unspecified atom stereocenters. The van der Waals surface area contributed by atoms with Crippen LogP contribution in [0, 0.1) is 5.82 Å². The van der Waals surface area contributed by atoms with Crippen LogP contribution in [0.4, 0.5) is 4.39 Å². The Morgan fingerprint density at radius 2 is 1.29 bits per heavy atom. The fourth-order valence-electron chi connectivity index (χ4n) is 5.78. The third-order valence-corrected chi connectivity index (χ3v) is 8.34. The number of Topliss-reactive ketones (excluding diaryl/α,β-unsaturated/α-hetero) is 4. The lowest BCUT2D eigenvalue weighted by Crippen LogP contribution is -2.28. The summed E-state index contributed by atoms with van der Waals surface area (Å²) >= 11 is 0. The number of ether oxygens (including phenoxy) is 4. The van der Waals surface area contributed by atoms with E-state index in [1.807, 2.05) is 11.0 Å². The van der Waals surface area contributed by atoms with Crippen LogP contribution >= 0.6 is 0 Å². The topological polar surface area (TPSA) is 162 Å². The van der Waals surface area contributed by atoms with Crippen LogP contribution in [0.25, 0.3) is 0 Å². The van der Waals surface area contributed by atoms with E-state index in [4.69, 9.17) is 18.9 Å². The number of aliphatic hydroxyl groups is 2. The van der Waals surface area contributed by atoms with Crippen LogP contribution in [0.3, 0.4) is 0 Å². The largest absolute Gasteiger partial charge is 0.483 e. The van der Waals surface area contributed by atoms with Crippen molar-refractivity contribution < 1.29 is 52.7 Å². The highest BCUT2D eigenvalue weighted by molar-refractivity contribution is 6.03. The summed E-state index contributed by atoms with van der Waals surface area (Å²) in [5, 5.41) is 19.2. The van der Waals surface area contributed by atoms with Gasteiger partial charge in [0.1, 0.15) is 5.69 Å². The number of hydrogen-bond donors (Lipinski definition) is 2. The third kappa shape index (κ3) is 8.63. The van der Waals surface area contributed by atoms with Gasteiger partial charge in [-0.1, -0.05) is 24.3 Å². The molecule has 6 rings (SSSR count). The molecule has 0 radical (unpaired) electrons. The van der Waals surface area contributed by atoms with Gasteiger partial charge in [-0.25, -0.2) is 9.37 Å². The van der Waals surface area contributed by atoms with Crippen LogP contribution in [0.15, 0.2) is 72.8 Å². The summed E-state index contributed by atoms with van der Waals surface area (Å²) in [6.07, 6.45) is -2.71. The highest BCUT2D eigenvalue weighted by Crippen LogP contribution is 2.34. The number of nitrogens with zero attached hydrogens (tertiary/aromatic N) is 2. The fourth-order valence-corrected chi connectivity index (χ4v) is 5.78. The number of halogens is 1. The van der Waals surface area contributed by atoms with Crippen molar-refractivity contribution in [1.82, 2.24) is 9.88 Å². The smallest absolute Gasteiger partial charge is 0.232 e. The lowest BCUT2D eigenvalue weighted by molar-refractivity contribution is -0.0672. The molecule has 13 heteroatoms. The summed E-state index contributed by atoms with van der Waals surface area (Å²) in [6, 6.07) is 18.9. The molecular weight excluding hydrogens is 663 g/mol. The van der Waals surface area contributed by atoms with E-state index < -0.39 is 24.2 Å². The molecule has 0 saturated carbocycles. The van der Waals surface area contributed by atoms with Crippen molar-refractivity contribution in [3.05, 3.63) is 112 Å². The lowest BCUT2D eigenvalue weighted by Gasteiger charge is -2.23. The van der Waals surface area contributed by atoms with Gasteiger partial charge in [0.15, 0.2) is 65.2 Å². The van der Waals surface area contributed by atoms with Gasteiger partial charge in [0.2, 0.25) is 12.6 Å². The number of ketones is 4. The van der Waals surface area contributed by atoms with E-state index >= 15 is 0 Å². The maximum absolute atomic E-state index is 14.7. The van der Waals surface area contributed by atoms with Crippen LogP contribution in [0.2, 0.25) is 0 Å². The Hall–Kier alpha value is -5.50. The second-order valence-corrected chi connectivity index (χ2v) is 12.2. The first-order chi connectivity index (χ1) is 24.5. The standard InChI is InChI=1S/C38H35FN2O10/c1-41(18-24-4-2-3-5-26(24)30(44)12-10-28(42)23-6-14-32-35(17-23)51-37(47)20-48-32)19-25-8-9-27(39)38(40-25)31(45)13-11-29(43)22-7-15-33-34(16-22)49-21-36(46)50-33/h2-9,14-17,36-37,46-47H,10-13,18-21H2,1H3. The predicted molar refractivity (Wildman–Crippen MR) is 179 cm³/mol. The quantitative estimate of drug-likeness (QED) is 0.175. The molecule has 0 aliphatic carbocycles. The first kappa shape index (κ1) is 35.3. The van der Waals surface area contributed by atoms with Gasteiger partial charge in [0.25, 0.3) is 0 Å². The van der Waals surface area contributed by atoms with Crippen LogP contribution in [0.5, 0.6) is 23.0 Å². The number of rotatable bonds is 14. The zero-order chi connectivity index (χ0) is 36.1. The molecule has 0 fully saturated rings. The van der Waals surface area contributed by atoms with Crippen molar-refractivity contribution in [3.8, 4) is 23.0 Å². The van der Waals surface area contributed by atoms with Crippen LogP contribution in [-0.2, 0) is 13.1 Å². The molecule has 12 nitrogen and oxygen atoms in total. The Morgan fingerprint density at radius 1 is 0.706 bits per heavy atom. The van der Waals surface area contributed by atoms with Gasteiger partial charge in [0, 0.05) is 55.5 Å². The Labute approximate surface area is 292 Å². The molecule has 0 bridgehead atoms. The number of pyridine rings is 1. The van der Waals surface area contributed by atoms with Crippen molar-refractivity contribution in [2.24, 2.45) is 0 Å². The minimum Gasteiger partial charge on any atom is -0.483 e. The third-order valence-electron chi connectivity index (χ3n) is 8.34. The van der Waals surface area contributed by atoms with Crippen molar-refractivity contribution in [1.29, 1.82) is 0 Å². The van der Waals surface area contributed by atoms with Gasteiger partial charge in [-0.3, -0.25) is 24.1 Å². The summed E-state index contributed by atoms with van der Waals surface area (Å²) in [7, 11) is 1.79. The van der Waals surface area contributed by atoms with Gasteiger partial charge < -0.3 is 29.2 Å². The Balaban J connectivity index is 1.03. The molecule has 0 spiro atoms. The molecule has 3 aromatic carbocycles. The summed E-state index contributed by atoms with van der Waals surface area (Å²) in [6.45, 7) is 0.467. The number of carbonyl (C=O) groups is 4. The zero-order valence-electron chi connectivity index (χ0n) is 27.7. The van der Waals surface area contributed by atoms with Crippen molar-refractivity contribution >= 4 is 23.1 Å². The van der Waals surface area contributed by atoms with Gasteiger partial charge in [0.05, 0.1) is 5.69 Å². The van der Waals surface area contributed by atoms with Crippen molar-refractivity contribution in [3.63, 3.8) is 0 Å². The molecule has 2 atom stereocenters. The van der Waals surface area contributed by atoms with Crippen LogP contribution < -0.4 is 18.9 Å². The first-order valence-electron chi connectivity index (χ1n) is 16.3. The Kier molecular flexibility index (Phi) is 10.8. The Bertz CT molecular complexity index is 1980. The molecule has 2 N–H and O–H groups in total. The predicted octanol–water partition coefficient (Wildman–Crippen LogP) is 4.72. The van der Waals surface area contributed by atoms with Crippen molar-refractivity contribution in [2.75, 3.05) is 20.3 Å². The SMILES string of the molecule is CN(Cc1ccc(F)c(C(=O)CCC(=O)c2ccc3c(c2)OCC(O)O3)n1)Cc1ccccc1C(=O)CCC(=O)c1ccc2c(c1)OC(O)CO2. The molecule has 51 heavy (non-hydrogen) atoms. The number of benzene rings is 3. The maximum atomic E-state index is 14.7. The van der Waals surface area contributed by atoms with E-state index in [0.29, 0.717) is 40.6 Å². The monoisotopic (exact) mass is 698 g/mol. The molecule has 264 valence electrons. The van der Waals surface area contributed by atoms with E-state index in [9.17, 15) is 33.8 Å². The van der Waals surface area contributed by atoms with Gasteiger partial charge >= 0.3 is 0 Å². The molecule has 3 heterocycles. The van der Waals surface area contributed by atoms with Crippen LogP contribution in [-0.4, -0.2) is 76.1 Å². The van der Waals surface area contributed by atoms with E-state index in [0.717, 1.165) is 5.56 Å². The number of carbonyl (C=O) groups excluding carboxylic acids is 4. The van der Waals surface area contributed by atoms with Crippen LogP contribution in [0.1, 0.15) is 78.5 Å². The molecule has 1 aromatic heterocycles. The second-order valence-electron chi connectivity index (χ2n) is 12.2. The summed E-state index contributed by atoms with van der Waals surface area (Å²) in [5.74, 6) is -0.940. The molecule has 2 aliphatic heterocycles. The number of fused-ring (bicyclic) bond motifs is 2. The summed E-state index contributed by atoms with van der Waals surface area (Å²) in [5.41, 5.74) is 1.87. The molecule has 0 amide bonds. The minimum atomic E-state index is -1.12. The summed E-state index contributed by atoms with van der Waals surface area (Å²) < 4.78 is 36.1. The van der Waals surface area contributed by atoms with E-state index in [-0.39, 0.29) is 79.8 Å². The lowest BCUT2D eigenvalue weighted by atomic mass is 9.97. The molecular formula is C38H35FN2O10. The number of aromatic nitrogens is 1. The second kappa shape index (κ2) is 15.6. The summed E-state index contributed by atoms with van der Waals surface area (Å²) in [4.78, 5) is 58.1. The van der Waals surface area contributed by atoms with E-state index in [1.54, 1.807) is 37.4 Å². The average Bonchev–Trinajstić information content (AvgIpc) is 3.12. The van der Waals surface area contributed by atoms with Crippen molar-refractivity contribution in [2.45, 2.75) is 51.4 Å². The molecule has 0 saturated heterocycles. The average molecular weight is 699 g/mol. The first-order valence-corrected chi connectivity index (χ1v) is 16.3. The highest BCUT2D eigenvalue weighted by atomic mass is 19.1. The van der Waals surface area contributed by atoms with E-state index in [2.05, 4.69) is 4.98 Å². The number of aliphatic hydroxyl groups excluding tert-OH is 2. The fraction of sp³-hybridized carbons (Fsp3) is 0.289. The molecule has 2 aliphatic rings. The van der Waals surface area contributed by atoms with Gasteiger partial charge in [-0.2, -0.15) is 0 Å². The van der Waals surface area contributed by atoms with Gasteiger partial charge in [-0.05, 0) is 61.1 Å². The van der Waals surface area contributed by atoms with Gasteiger partial charge in [-0.15, -0.1) is 0 Å². The number of hydrogen-bond acceptors (Lipinski definition) is 12. The highest BCUT2D eigenvalue weighted by Gasteiger charge is 2.23.